The largest absolute Gasteiger partial charge is 0.396 e. The molecule has 1 aromatic rings. The maximum absolute atomic E-state index is 8.61. The molecule has 2 N–H and O–H groups in total. The van der Waals surface area contributed by atoms with Gasteiger partial charge in [0.15, 0.2) is 0 Å². The number of anilines is 1. The topological polar surface area (TPSA) is 58.0 Å². The maximum Gasteiger partial charge on any atom is 0.134 e. The molecule has 0 aliphatic rings. The summed E-state index contributed by atoms with van der Waals surface area (Å²) < 4.78 is 0. The summed E-state index contributed by atoms with van der Waals surface area (Å²) >= 11 is 5.81. The molecule has 0 unspecified atom stereocenters. The molecular formula is C11H18ClN3O. The molecule has 0 fully saturated rings. The molecule has 0 radical (unpaired) electrons. The average molecular weight is 244 g/mol. The Bertz CT molecular complexity index is 300. The minimum Gasteiger partial charge on any atom is -0.396 e. The van der Waals surface area contributed by atoms with Crippen molar-refractivity contribution in [2.24, 2.45) is 0 Å². The smallest absolute Gasteiger partial charge is 0.134 e. The number of hydrogen-bond donors (Lipinski definition) is 2. The van der Waals surface area contributed by atoms with Crippen LogP contribution in [0, 0.1) is 6.92 Å². The van der Waals surface area contributed by atoms with E-state index in [1.165, 1.54) is 0 Å². The van der Waals surface area contributed by atoms with Gasteiger partial charge in [0.25, 0.3) is 0 Å². The Morgan fingerprint density at radius 2 is 2.00 bits per heavy atom. The molecule has 90 valence electrons. The van der Waals surface area contributed by atoms with Gasteiger partial charge in [0.1, 0.15) is 16.8 Å². The lowest BCUT2D eigenvalue weighted by molar-refractivity contribution is 0.283. The highest BCUT2D eigenvalue weighted by molar-refractivity contribution is 6.29. The highest BCUT2D eigenvalue weighted by atomic mass is 35.5. The zero-order chi connectivity index (χ0) is 11.8. The standard InChI is InChI=1S/C11H18ClN3O/c1-9-14-10(12)8-11(15-9)13-6-4-2-3-5-7-16/h8,16H,2-7H2,1H3,(H,13,14,15). The van der Waals surface area contributed by atoms with Crippen LogP contribution in [0.3, 0.4) is 0 Å². The number of nitrogens with one attached hydrogen (secondary N) is 1. The zero-order valence-corrected chi connectivity index (χ0v) is 10.3. The van der Waals surface area contributed by atoms with E-state index >= 15 is 0 Å². The predicted octanol–water partition coefficient (Wildman–Crippen LogP) is 2.40. The van der Waals surface area contributed by atoms with Crippen LogP contribution in [0.5, 0.6) is 0 Å². The summed E-state index contributed by atoms with van der Waals surface area (Å²) in [5.41, 5.74) is 0. The van der Waals surface area contributed by atoms with Gasteiger partial charge in [0, 0.05) is 19.2 Å². The Labute approximate surface area is 101 Å². The van der Waals surface area contributed by atoms with E-state index in [-0.39, 0.29) is 6.61 Å². The van der Waals surface area contributed by atoms with E-state index in [4.69, 9.17) is 16.7 Å². The van der Waals surface area contributed by atoms with Crippen LogP contribution >= 0.6 is 11.6 Å². The normalized spacial score (nSPS) is 10.4. The van der Waals surface area contributed by atoms with Crippen molar-refractivity contribution in [3.05, 3.63) is 17.0 Å². The molecule has 0 saturated carbocycles. The Kier molecular flexibility index (Phi) is 6.11. The number of aliphatic hydroxyl groups is 1. The van der Waals surface area contributed by atoms with E-state index in [9.17, 15) is 0 Å². The summed E-state index contributed by atoms with van der Waals surface area (Å²) in [6.45, 7) is 2.98. The summed E-state index contributed by atoms with van der Waals surface area (Å²) in [6, 6.07) is 1.72. The molecule has 0 atom stereocenters. The van der Waals surface area contributed by atoms with Gasteiger partial charge in [-0.1, -0.05) is 24.4 Å². The fourth-order valence-corrected chi connectivity index (χ4v) is 1.65. The number of unbranched alkanes of at least 4 members (excludes halogenated alkanes) is 3. The van der Waals surface area contributed by atoms with Gasteiger partial charge in [0.2, 0.25) is 0 Å². The summed E-state index contributed by atoms with van der Waals surface area (Å²) in [7, 11) is 0. The lowest BCUT2D eigenvalue weighted by atomic mass is 10.2. The lowest BCUT2D eigenvalue weighted by Crippen LogP contribution is -2.04. The Balaban J connectivity index is 2.21. The minimum atomic E-state index is 0.286. The fourth-order valence-electron chi connectivity index (χ4n) is 1.43. The third kappa shape index (κ3) is 5.28. The number of halogens is 1. The third-order valence-electron chi connectivity index (χ3n) is 2.20. The van der Waals surface area contributed by atoms with Crippen LogP contribution in [0.25, 0.3) is 0 Å². The summed E-state index contributed by atoms with van der Waals surface area (Å²) in [5, 5.41) is 12.3. The second-order valence-electron chi connectivity index (χ2n) is 3.69. The molecule has 0 aliphatic carbocycles. The quantitative estimate of drug-likeness (QED) is 0.570. The van der Waals surface area contributed by atoms with E-state index < -0.39 is 0 Å². The van der Waals surface area contributed by atoms with Crippen LogP contribution < -0.4 is 5.32 Å². The van der Waals surface area contributed by atoms with E-state index in [0.29, 0.717) is 11.0 Å². The first kappa shape index (κ1) is 13.2. The van der Waals surface area contributed by atoms with Crippen LogP contribution in [0.2, 0.25) is 5.15 Å². The van der Waals surface area contributed by atoms with Gasteiger partial charge in [-0.3, -0.25) is 0 Å². The van der Waals surface area contributed by atoms with Gasteiger partial charge >= 0.3 is 0 Å². The van der Waals surface area contributed by atoms with E-state index in [1.807, 2.05) is 6.92 Å². The molecule has 1 aromatic heterocycles. The first-order chi connectivity index (χ1) is 7.72. The third-order valence-corrected chi connectivity index (χ3v) is 2.39. The second-order valence-corrected chi connectivity index (χ2v) is 4.07. The van der Waals surface area contributed by atoms with Crippen molar-refractivity contribution >= 4 is 17.4 Å². The molecule has 0 bridgehead atoms. The monoisotopic (exact) mass is 243 g/mol. The van der Waals surface area contributed by atoms with Crippen molar-refractivity contribution in [2.75, 3.05) is 18.5 Å². The van der Waals surface area contributed by atoms with Crippen molar-refractivity contribution in [3.8, 4) is 0 Å². The van der Waals surface area contributed by atoms with Gasteiger partial charge in [-0.05, 0) is 19.8 Å². The van der Waals surface area contributed by atoms with Crippen LogP contribution in [-0.2, 0) is 0 Å². The number of aryl methyl sites for hydroxylation is 1. The fraction of sp³-hybridized carbons (Fsp3) is 0.636. The zero-order valence-electron chi connectivity index (χ0n) is 9.54. The van der Waals surface area contributed by atoms with E-state index in [2.05, 4.69) is 15.3 Å². The van der Waals surface area contributed by atoms with Crippen LogP contribution in [0.1, 0.15) is 31.5 Å². The molecule has 0 saturated heterocycles. The first-order valence-electron chi connectivity index (χ1n) is 5.58. The molecule has 0 amide bonds. The maximum atomic E-state index is 8.61. The summed E-state index contributed by atoms with van der Waals surface area (Å²) in [4.78, 5) is 8.21. The SMILES string of the molecule is Cc1nc(Cl)cc(NCCCCCCO)n1. The van der Waals surface area contributed by atoms with Gasteiger partial charge in [0.05, 0.1) is 0 Å². The molecule has 1 heterocycles. The molecule has 0 spiro atoms. The molecule has 16 heavy (non-hydrogen) atoms. The van der Waals surface area contributed by atoms with Crippen LogP contribution in [0.15, 0.2) is 6.07 Å². The van der Waals surface area contributed by atoms with Gasteiger partial charge < -0.3 is 10.4 Å². The number of nitrogens with zero attached hydrogens (tertiary/aromatic N) is 2. The van der Waals surface area contributed by atoms with E-state index in [0.717, 1.165) is 38.0 Å². The Morgan fingerprint density at radius 1 is 1.25 bits per heavy atom. The minimum absolute atomic E-state index is 0.286. The molecule has 4 nitrogen and oxygen atoms in total. The van der Waals surface area contributed by atoms with E-state index in [1.54, 1.807) is 6.07 Å². The van der Waals surface area contributed by atoms with Crippen molar-refractivity contribution in [3.63, 3.8) is 0 Å². The summed E-state index contributed by atoms with van der Waals surface area (Å²) in [6.07, 6.45) is 4.15. The van der Waals surface area contributed by atoms with Gasteiger partial charge in [-0.25, -0.2) is 9.97 Å². The predicted molar refractivity (Wildman–Crippen MR) is 65.8 cm³/mol. The van der Waals surface area contributed by atoms with Crippen LogP contribution in [0.4, 0.5) is 5.82 Å². The molecular weight excluding hydrogens is 226 g/mol. The highest BCUT2D eigenvalue weighted by Gasteiger charge is 1.98. The summed E-state index contributed by atoms with van der Waals surface area (Å²) in [5.74, 6) is 1.45. The van der Waals surface area contributed by atoms with Gasteiger partial charge in [-0.2, -0.15) is 0 Å². The number of hydrogen-bond acceptors (Lipinski definition) is 4. The Morgan fingerprint density at radius 3 is 2.69 bits per heavy atom. The number of aromatic nitrogens is 2. The highest BCUT2D eigenvalue weighted by Crippen LogP contribution is 2.11. The van der Waals surface area contributed by atoms with Crippen molar-refractivity contribution in [1.29, 1.82) is 0 Å². The second kappa shape index (κ2) is 7.41. The Hall–Kier alpha value is -0.870. The van der Waals surface area contributed by atoms with Gasteiger partial charge in [-0.15, -0.1) is 0 Å². The lowest BCUT2D eigenvalue weighted by Gasteiger charge is -2.06. The molecule has 0 aromatic carbocycles. The van der Waals surface area contributed by atoms with Crippen LogP contribution in [-0.4, -0.2) is 28.2 Å². The first-order valence-corrected chi connectivity index (χ1v) is 5.96. The van der Waals surface area contributed by atoms with Crippen molar-refractivity contribution < 1.29 is 5.11 Å². The molecule has 5 heteroatoms. The van der Waals surface area contributed by atoms with Crippen molar-refractivity contribution in [2.45, 2.75) is 32.6 Å². The number of aliphatic hydroxyl groups excluding tert-OH is 1. The molecule has 1 rings (SSSR count). The van der Waals surface area contributed by atoms with Crippen molar-refractivity contribution in [1.82, 2.24) is 9.97 Å². The number of rotatable bonds is 7. The average Bonchev–Trinajstić information content (AvgIpc) is 2.22. The molecule has 0 aliphatic heterocycles.